The largest absolute Gasteiger partial charge is 0.444 e. The highest BCUT2D eigenvalue weighted by atomic mass is 16.6. The van der Waals surface area contributed by atoms with Crippen LogP contribution in [0.4, 0.5) is 4.79 Å². The number of nitrogens with one attached hydrogen (secondary N) is 2. The number of hydrogen-bond donors (Lipinski definition) is 3. The molecule has 0 unspecified atom stereocenters. The van der Waals surface area contributed by atoms with Gasteiger partial charge in [-0.25, -0.2) is 15.3 Å². The average Bonchev–Trinajstić information content (AvgIpc) is 3.45. The van der Waals surface area contributed by atoms with Gasteiger partial charge < -0.3 is 19.5 Å². The minimum atomic E-state index is -0.823. The zero-order valence-corrected chi connectivity index (χ0v) is 23.3. The number of ether oxygens (including phenoxy) is 1. The lowest BCUT2D eigenvalue weighted by Gasteiger charge is -2.24. The van der Waals surface area contributed by atoms with Crippen LogP contribution in [0.15, 0.2) is 48.5 Å². The van der Waals surface area contributed by atoms with Crippen LogP contribution in [0.5, 0.6) is 0 Å². The number of nitrogens with zero attached hydrogens (tertiary/aromatic N) is 3. The molecule has 0 bridgehead atoms. The normalized spacial score (nSPS) is 17.8. The molecule has 10 nitrogen and oxygen atoms in total. The SMILES string of the molecule is CC(C)(C)OC(=O)N1C[C@H](C(=O)NO)[C@H](NC(=O)c2ccc(Cn3c(C(C)(C)C)nc4ccccc43)cc2)C1. The van der Waals surface area contributed by atoms with Gasteiger partial charge in [-0.15, -0.1) is 0 Å². The Hall–Kier alpha value is -3.92. The van der Waals surface area contributed by atoms with Crippen molar-refractivity contribution in [1.82, 2.24) is 25.2 Å². The summed E-state index contributed by atoms with van der Waals surface area (Å²) in [4.78, 5) is 44.1. The van der Waals surface area contributed by atoms with E-state index >= 15 is 0 Å². The Morgan fingerprint density at radius 2 is 1.67 bits per heavy atom. The number of rotatable bonds is 5. The average molecular weight is 536 g/mol. The summed E-state index contributed by atoms with van der Waals surface area (Å²) in [6.07, 6.45) is -0.582. The Balaban J connectivity index is 1.49. The fourth-order valence-corrected chi connectivity index (χ4v) is 4.78. The summed E-state index contributed by atoms with van der Waals surface area (Å²) in [6, 6.07) is 14.6. The molecule has 39 heavy (non-hydrogen) atoms. The number of hydroxylamine groups is 1. The van der Waals surface area contributed by atoms with E-state index in [2.05, 4.69) is 36.7 Å². The smallest absolute Gasteiger partial charge is 0.410 e. The minimum Gasteiger partial charge on any atom is -0.444 e. The Morgan fingerprint density at radius 1 is 1.00 bits per heavy atom. The number of carbonyl (C=O) groups is 3. The number of imidazole rings is 1. The van der Waals surface area contributed by atoms with Gasteiger partial charge in [0.2, 0.25) is 5.91 Å². The van der Waals surface area contributed by atoms with Crippen LogP contribution in [0.2, 0.25) is 0 Å². The van der Waals surface area contributed by atoms with E-state index in [0.29, 0.717) is 12.1 Å². The Labute approximate surface area is 228 Å². The summed E-state index contributed by atoms with van der Waals surface area (Å²) in [5.41, 5.74) is 4.21. The lowest BCUT2D eigenvalue weighted by Crippen LogP contribution is -2.45. The number of carbonyl (C=O) groups excluding carboxylic acids is 3. The van der Waals surface area contributed by atoms with Crippen LogP contribution in [0.3, 0.4) is 0 Å². The van der Waals surface area contributed by atoms with Gasteiger partial charge >= 0.3 is 6.09 Å². The Bertz CT molecular complexity index is 1370. The molecule has 10 heteroatoms. The monoisotopic (exact) mass is 535 g/mol. The van der Waals surface area contributed by atoms with Crippen molar-refractivity contribution < 1.29 is 24.3 Å². The van der Waals surface area contributed by atoms with Crippen molar-refractivity contribution in [2.45, 2.75) is 65.1 Å². The summed E-state index contributed by atoms with van der Waals surface area (Å²) in [5, 5.41) is 12.0. The zero-order valence-electron chi connectivity index (χ0n) is 23.3. The van der Waals surface area contributed by atoms with E-state index in [0.717, 1.165) is 22.4 Å². The van der Waals surface area contributed by atoms with E-state index in [1.54, 1.807) is 38.4 Å². The second-order valence-electron chi connectivity index (χ2n) is 12.0. The maximum atomic E-state index is 13.1. The molecule has 208 valence electrons. The van der Waals surface area contributed by atoms with E-state index in [9.17, 15) is 19.6 Å². The summed E-state index contributed by atoms with van der Waals surface area (Å²) in [7, 11) is 0. The van der Waals surface area contributed by atoms with Crippen molar-refractivity contribution in [1.29, 1.82) is 0 Å². The molecule has 0 saturated carbocycles. The van der Waals surface area contributed by atoms with Gasteiger partial charge in [0.05, 0.1) is 23.0 Å². The molecule has 1 fully saturated rings. The molecule has 1 aliphatic heterocycles. The second-order valence-corrected chi connectivity index (χ2v) is 12.0. The van der Waals surface area contributed by atoms with Gasteiger partial charge in [-0.05, 0) is 50.6 Å². The minimum absolute atomic E-state index is 0.0141. The van der Waals surface area contributed by atoms with E-state index in [-0.39, 0.29) is 24.4 Å². The fraction of sp³-hybridized carbons (Fsp3) is 0.448. The molecule has 0 radical (unpaired) electrons. The lowest BCUT2D eigenvalue weighted by atomic mass is 9.95. The number of aromatic nitrogens is 2. The van der Waals surface area contributed by atoms with Gasteiger partial charge in [0.25, 0.3) is 5.91 Å². The van der Waals surface area contributed by atoms with Gasteiger partial charge in [0.1, 0.15) is 11.4 Å². The fourth-order valence-electron chi connectivity index (χ4n) is 4.78. The van der Waals surface area contributed by atoms with Gasteiger partial charge in [-0.1, -0.05) is 45.0 Å². The van der Waals surface area contributed by atoms with E-state index in [4.69, 9.17) is 9.72 Å². The van der Waals surface area contributed by atoms with E-state index in [1.807, 2.05) is 30.3 Å². The van der Waals surface area contributed by atoms with Crippen LogP contribution in [-0.2, 0) is 21.5 Å². The summed E-state index contributed by atoms with van der Waals surface area (Å²) >= 11 is 0. The quantitative estimate of drug-likeness (QED) is 0.337. The van der Waals surface area contributed by atoms with Crippen molar-refractivity contribution in [3.63, 3.8) is 0 Å². The first-order valence-electron chi connectivity index (χ1n) is 13.0. The third-order valence-electron chi connectivity index (χ3n) is 6.62. The molecule has 0 spiro atoms. The maximum absolute atomic E-state index is 13.1. The number of likely N-dealkylation sites (tertiary alicyclic amines) is 1. The Morgan fingerprint density at radius 3 is 2.28 bits per heavy atom. The van der Waals surface area contributed by atoms with Crippen LogP contribution < -0.4 is 10.8 Å². The lowest BCUT2D eigenvalue weighted by molar-refractivity contribution is -0.133. The topological polar surface area (TPSA) is 126 Å². The molecule has 1 saturated heterocycles. The zero-order chi connectivity index (χ0) is 28.5. The molecular weight excluding hydrogens is 498 g/mol. The van der Waals surface area contributed by atoms with E-state index in [1.165, 1.54) is 4.90 Å². The second kappa shape index (κ2) is 10.7. The van der Waals surface area contributed by atoms with Crippen molar-refractivity contribution in [2.75, 3.05) is 13.1 Å². The standard InChI is InChI=1S/C29H37N5O5/c1-28(2,3)26-31-21-9-7-8-10-23(21)34(26)15-18-11-13-19(14-12-18)24(35)30-22-17-33(16-20(22)25(36)32-38)27(37)39-29(4,5)6/h7-14,20,22,38H,15-17H2,1-6H3,(H,30,35)(H,32,36)/t20-,22+/m0/s1. The van der Waals surface area contributed by atoms with Gasteiger partial charge in [-0.2, -0.15) is 0 Å². The Kier molecular flexibility index (Phi) is 7.70. The van der Waals surface area contributed by atoms with E-state index < -0.39 is 29.6 Å². The summed E-state index contributed by atoms with van der Waals surface area (Å²) in [5.74, 6) is -0.897. The van der Waals surface area contributed by atoms with Gasteiger partial charge in [-0.3, -0.25) is 14.8 Å². The molecule has 2 heterocycles. The van der Waals surface area contributed by atoms with Crippen LogP contribution in [0.25, 0.3) is 11.0 Å². The van der Waals surface area contributed by atoms with Crippen LogP contribution >= 0.6 is 0 Å². The van der Waals surface area contributed by atoms with Crippen molar-refractivity contribution in [3.8, 4) is 0 Å². The van der Waals surface area contributed by atoms with Crippen molar-refractivity contribution in [3.05, 3.63) is 65.5 Å². The maximum Gasteiger partial charge on any atom is 0.410 e. The molecule has 2 aromatic carbocycles. The molecule has 3 aromatic rings. The third-order valence-corrected chi connectivity index (χ3v) is 6.62. The summed E-state index contributed by atoms with van der Waals surface area (Å²) in [6.45, 7) is 12.4. The predicted octanol–water partition coefficient (Wildman–Crippen LogP) is 3.85. The first-order valence-corrected chi connectivity index (χ1v) is 13.0. The molecule has 3 N–H and O–H groups in total. The van der Waals surface area contributed by atoms with Crippen molar-refractivity contribution in [2.24, 2.45) is 5.92 Å². The first kappa shape index (κ1) is 28.1. The first-order chi connectivity index (χ1) is 18.3. The number of amides is 3. The third kappa shape index (κ3) is 6.39. The van der Waals surface area contributed by atoms with Crippen molar-refractivity contribution >= 4 is 28.9 Å². The highest BCUT2D eigenvalue weighted by molar-refractivity contribution is 5.95. The molecule has 1 aromatic heterocycles. The molecular formula is C29H37N5O5. The molecule has 3 amide bonds. The molecule has 0 aliphatic carbocycles. The highest BCUT2D eigenvalue weighted by Crippen LogP contribution is 2.27. The molecule has 1 aliphatic rings. The number of para-hydroxylation sites is 2. The molecule has 4 rings (SSSR count). The highest BCUT2D eigenvalue weighted by Gasteiger charge is 2.42. The summed E-state index contributed by atoms with van der Waals surface area (Å²) < 4.78 is 7.61. The number of hydrogen-bond acceptors (Lipinski definition) is 6. The van der Waals surface area contributed by atoms with Gasteiger partial charge in [0, 0.05) is 30.6 Å². The number of benzene rings is 2. The number of fused-ring (bicyclic) bond motifs is 1. The van der Waals surface area contributed by atoms with Crippen LogP contribution in [0.1, 0.15) is 63.3 Å². The van der Waals surface area contributed by atoms with Crippen LogP contribution in [-0.4, -0.2) is 62.3 Å². The predicted molar refractivity (Wildman–Crippen MR) is 146 cm³/mol. The van der Waals surface area contributed by atoms with Crippen LogP contribution in [0, 0.1) is 5.92 Å². The molecule has 2 atom stereocenters. The van der Waals surface area contributed by atoms with Gasteiger partial charge in [0.15, 0.2) is 0 Å².